The molecule has 1 aliphatic rings. The molecule has 0 bridgehead atoms. The van der Waals surface area contributed by atoms with Crippen LogP contribution >= 0.6 is 0 Å². The Labute approximate surface area is 116 Å². The van der Waals surface area contributed by atoms with Crippen LogP contribution < -0.4 is 5.32 Å². The highest BCUT2D eigenvalue weighted by atomic mass is 32.2. The highest BCUT2D eigenvalue weighted by Crippen LogP contribution is 2.35. The molecule has 2 atom stereocenters. The molecule has 0 aromatic heterocycles. The van der Waals surface area contributed by atoms with Crippen LogP contribution in [0, 0.1) is 0 Å². The number of sulfone groups is 1. The summed E-state index contributed by atoms with van der Waals surface area (Å²) in [5, 5.41) is 2.75. The third-order valence-corrected chi connectivity index (χ3v) is 6.63. The highest BCUT2D eigenvalue weighted by Gasteiger charge is 2.39. The molecule has 1 aromatic rings. The van der Waals surface area contributed by atoms with Crippen molar-refractivity contribution >= 4 is 9.84 Å². The van der Waals surface area contributed by atoms with Crippen LogP contribution in [0.4, 0.5) is 0 Å². The van der Waals surface area contributed by atoms with Crippen LogP contribution in [0.2, 0.25) is 0 Å². The topological polar surface area (TPSA) is 46.2 Å². The molecule has 0 spiro atoms. The number of nitrogens with one attached hydrogen (secondary N) is 1. The molecular formula is C15H23NO2S. The first-order valence-corrected chi connectivity index (χ1v) is 8.63. The maximum absolute atomic E-state index is 12.5. The molecule has 2 rings (SSSR count). The van der Waals surface area contributed by atoms with Crippen LogP contribution in [0.25, 0.3) is 0 Å². The van der Waals surface area contributed by atoms with E-state index >= 15 is 0 Å². The van der Waals surface area contributed by atoms with Gasteiger partial charge >= 0.3 is 0 Å². The zero-order valence-corrected chi connectivity index (χ0v) is 12.7. The van der Waals surface area contributed by atoms with E-state index in [2.05, 4.69) is 17.4 Å². The van der Waals surface area contributed by atoms with Gasteiger partial charge in [0.05, 0.1) is 10.5 Å². The van der Waals surface area contributed by atoms with E-state index < -0.39 is 9.84 Å². The SMILES string of the molecule is CCNC1c2ccccc2CCC1S(=O)(=O)C(C)C. The number of fused-ring (bicyclic) bond motifs is 1. The first-order valence-electron chi connectivity index (χ1n) is 7.02. The van der Waals surface area contributed by atoms with E-state index in [9.17, 15) is 8.42 Å². The second-order valence-electron chi connectivity index (χ2n) is 5.45. The van der Waals surface area contributed by atoms with E-state index in [4.69, 9.17) is 0 Å². The molecular weight excluding hydrogens is 258 g/mol. The Bertz CT molecular complexity index is 537. The number of benzene rings is 1. The van der Waals surface area contributed by atoms with Crippen molar-refractivity contribution in [1.29, 1.82) is 0 Å². The lowest BCUT2D eigenvalue weighted by Gasteiger charge is -2.34. The molecule has 19 heavy (non-hydrogen) atoms. The van der Waals surface area contributed by atoms with E-state index in [0.29, 0.717) is 0 Å². The molecule has 0 aliphatic heterocycles. The number of rotatable bonds is 4. The van der Waals surface area contributed by atoms with Crippen molar-refractivity contribution in [3.63, 3.8) is 0 Å². The maximum Gasteiger partial charge on any atom is 0.157 e. The molecule has 4 heteroatoms. The van der Waals surface area contributed by atoms with Crippen molar-refractivity contribution < 1.29 is 8.42 Å². The fourth-order valence-corrected chi connectivity index (χ4v) is 4.66. The number of aryl methyl sites for hydroxylation is 1. The summed E-state index contributed by atoms with van der Waals surface area (Å²) in [5.74, 6) is 0. The molecule has 1 N–H and O–H groups in total. The lowest BCUT2D eigenvalue weighted by molar-refractivity contribution is 0.454. The molecule has 106 valence electrons. The Morgan fingerprint density at radius 1 is 1.32 bits per heavy atom. The molecule has 0 amide bonds. The van der Waals surface area contributed by atoms with Gasteiger partial charge in [-0.2, -0.15) is 0 Å². The number of hydrogen-bond donors (Lipinski definition) is 1. The van der Waals surface area contributed by atoms with Crippen molar-refractivity contribution in [3.05, 3.63) is 35.4 Å². The predicted octanol–water partition coefficient (Wildman–Crippen LogP) is 2.48. The third-order valence-electron chi connectivity index (χ3n) is 3.96. The summed E-state index contributed by atoms with van der Waals surface area (Å²) in [6.45, 7) is 6.36. The van der Waals surface area contributed by atoms with Gasteiger partial charge in [0, 0.05) is 6.04 Å². The van der Waals surface area contributed by atoms with Gasteiger partial charge in [0.2, 0.25) is 0 Å². The van der Waals surface area contributed by atoms with Gasteiger partial charge < -0.3 is 5.32 Å². The van der Waals surface area contributed by atoms with Crippen molar-refractivity contribution in [2.24, 2.45) is 0 Å². The average Bonchev–Trinajstić information content (AvgIpc) is 2.39. The summed E-state index contributed by atoms with van der Waals surface area (Å²) < 4.78 is 25.1. The van der Waals surface area contributed by atoms with Crippen molar-refractivity contribution in [3.8, 4) is 0 Å². The van der Waals surface area contributed by atoms with Crippen molar-refractivity contribution in [1.82, 2.24) is 5.32 Å². The standard InChI is InChI=1S/C15H23NO2S/c1-4-16-15-13-8-6-5-7-12(13)9-10-14(15)19(17,18)11(2)3/h5-8,11,14-16H,4,9-10H2,1-3H3. The quantitative estimate of drug-likeness (QED) is 0.922. The molecule has 0 fully saturated rings. The van der Waals surface area contributed by atoms with E-state index in [1.54, 1.807) is 13.8 Å². The van der Waals surface area contributed by atoms with Crippen molar-refractivity contribution in [2.45, 2.75) is 50.2 Å². The fraction of sp³-hybridized carbons (Fsp3) is 0.600. The molecule has 2 unspecified atom stereocenters. The van der Waals surface area contributed by atoms with Gasteiger partial charge in [0.15, 0.2) is 9.84 Å². The van der Waals surface area contributed by atoms with Crippen LogP contribution in [-0.2, 0) is 16.3 Å². The number of hydrogen-bond acceptors (Lipinski definition) is 3. The van der Waals surface area contributed by atoms with Gasteiger partial charge in [-0.05, 0) is 44.4 Å². The van der Waals surface area contributed by atoms with Gasteiger partial charge in [-0.25, -0.2) is 8.42 Å². The minimum atomic E-state index is -3.08. The summed E-state index contributed by atoms with van der Waals surface area (Å²) in [5.41, 5.74) is 2.44. The first kappa shape index (κ1) is 14.5. The molecule has 0 heterocycles. The van der Waals surface area contributed by atoms with Crippen LogP contribution in [0.1, 0.15) is 44.4 Å². The van der Waals surface area contributed by atoms with Gasteiger partial charge in [-0.15, -0.1) is 0 Å². The third kappa shape index (κ3) is 2.70. The van der Waals surface area contributed by atoms with Gasteiger partial charge in [-0.1, -0.05) is 31.2 Å². The van der Waals surface area contributed by atoms with Crippen LogP contribution in [0.5, 0.6) is 0 Å². The summed E-state index contributed by atoms with van der Waals surface area (Å²) in [6.07, 6.45) is 1.57. The second kappa shape index (κ2) is 5.63. The molecule has 0 saturated carbocycles. The van der Waals surface area contributed by atoms with Gasteiger partial charge in [-0.3, -0.25) is 0 Å². The Morgan fingerprint density at radius 2 is 2.00 bits per heavy atom. The Kier molecular flexibility index (Phi) is 4.31. The van der Waals surface area contributed by atoms with Gasteiger partial charge in [0.1, 0.15) is 0 Å². The summed E-state index contributed by atoms with van der Waals surface area (Å²) >= 11 is 0. The summed E-state index contributed by atoms with van der Waals surface area (Å²) in [4.78, 5) is 0. The minimum absolute atomic E-state index is 0.0673. The van der Waals surface area contributed by atoms with Crippen LogP contribution in [0.3, 0.4) is 0 Å². The molecule has 1 aromatic carbocycles. The Morgan fingerprint density at radius 3 is 2.63 bits per heavy atom. The Hall–Kier alpha value is -0.870. The van der Waals surface area contributed by atoms with Crippen LogP contribution in [-0.4, -0.2) is 25.5 Å². The maximum atomic E-state index is 12.5. The average molecular weight is 281 g/mol. The zero-order valence-electron chi connectivity index (χ0n) is 11.9. The van der Waals surface area contributed by atoms with Crippen molar-refractivity contribution in [2.75, 3.05) is 6.54 Å². The van der Waals surface area contributed by atoms with E-state index in [1.165, 1.54) is 5.56 Å². The zero-order chi connectivity index (χ0) is 14.0. The Balaban J connectivity index is 2.43. The minimum Gasteiger partial charge on any atom is -0.309 e. The predicted molar refractivity (Wildman–Crippen MR) is 79.0 cm³/mol. The molecule has 1 aliphatic carbocycles. The lowest BCUT2D eigenvalue weighted by atomic mass is 9.87. The fourth-order valence-electron chi connectivity index (χ4n) is 2.89. The summed E-state index contributed by atoms with van der Waals surface area (Å²) in [6, 6.07) is 8.12. The largest absolute Gasteiger partial charge is 0.309 e. The first-order chi connectivity index (χ1) is 8.98. The smallest absolute Gasteiger partial charge is 0.157 e. The molecule has 0 saturated heterocycles. The summed E-state index contributed by atoms with van der Waals surface area (Å²) in [7, 11) is -3.08. The normalized spacial score (nSPS) is 23.4. The lowest BCUT2D eigenvalue weighted by Crippen LogP contribution is -2.43. The monoisotopic (exact) mass is 281 g/mol. The van der Waals surface area contributed by atoms with Crippen LogP contribution in [0.15, 0.2) is 24.3 Å². The van der Waals surface area contributed by atoms with E-state index in [1.807, 2.05) is 19.1 Å². The highest BCUT2D eigenvalue weighted by molar-refractivity contribution is 7.92. The van der Waals surface area contributed by atoms with E-state index in [-0.39, 0.29) is 16.5 Å². The molecule has 3 nitrogen and oxygen atoms in total. The molecule has 0 radical (unpaired) electrons. The van der Waals surface area contributed by atoms with Gasteiger partial charge in [0.25, 0.3) is 0 Å². The second-order valence-corrected chi connectivity index (χ2v) is 8.18. The van der Waals surface area contributed by atoms with E-state index in [0.717, 1.165) is 24.9 Å².